The quantitative estimate of drug-likeness (QED) is 0.634. The van der Waals surface area contributed by atoms with Gasteiger partial charge in [0.2, 0.25) is 0 Å². The van der Waals surface area contributed by atoms with Crippen molar-refractivity contribution in [3.8, 4) is 0 Å². The number of hydrogen-bond donors (Lipinski definition) is 2. The van der Waals surface area contributed by atoms with Gasteiger partial charge in [-0.15, -0.1) is 0 Å². The lowest BCUT2D eigenvalue weighted by Gasteiger charge is -2.12. The second-order valence-corrected chi connectivity index (χ2v) is 5.46. The van der Waals surface area contributed by atoms with Crippen LogP contribution in [0.4, 0.5) is 11.4 Å². The summed E-state index contributed by atoms with van der Waals surface area (Å²) in [5.74, 6) is 0.0467. The molecule has 20 heavy (non-hydrogen) atoms. The number of anilines is 2. The molecular weight excluding hydrogens is 336 g/mol. The zero-order valence-corrected chi connectivity index (χ0v) is 13.2. The Hall–Kier alpha value is -1.72. The van der Waals surface area contributed by atoms with Gasteiger partial charge in [-0.05, 0) is 71.5 Å². The van der Waals surface area contributed by atoms with Crippen LogP contribution in [-0.4, -0.2) is 10.9 Å². The summed E-state index contributed by atoms with van der Waals surface area (Å²) in [6, 6.07) is 14.9. The summed E-state index contributed by atoms with van der Waals surface area (Å²) in [6.45, 7) is 1.54. The number of para-hydroxylation sites is 1. The molecule has 0 heterocycles. The summed E-state index contributed by atoms with van der Waals surface area (Å²) in [7, 11) is 0. The van der Waals surface area contributed by atoms with Crippen LogP contribution in [0.25, 0.3) is 0 Å². The monoisotopic (exact) mass is 348 g/mol. The highest BCUT2D eigenvalue weighted by atomic mass is 79.9. The molecule has 0 spiro atoms. The molecule has 0 radical (unpaired) electrons. The van der Waals surface area contributed by atoms with Crippen LogP contribution in [0.3, 0.4) is 0 Å². The van der Waals surface area contributed by atoms with Gasteiger partial charge in [-0.3, -0.25) is 4.79 Å². The molecule has 2 aromatic carbocycles. The van der Waals surface area contributed by atoms with Gasteiger partial charge in [0, 0.05) is 15.7 Å². The Morgan fingerprint density at radius 2 is 1.70 bits per heavy atom. The highest BCUT2D eigenvalue weighted by Crippen LogP contribution is 2.21. The number of thiocarbonyl (C=S) groups is 1. The van der Waals surface area contributed by atoms with E-state index in [-0.39, 0.29) is 5.78 Å². The topological polar surface area (TPSA) is 41.1 Å². The van der Waals surface area contributed by atoms with Gasteiger partial charge >= 0.3 is 0 Å². The molecule has 0 amide bonds. The third-order valence-electron chi connectivity index (χ3n) is 2.67. The Morgan fingerprint density at radius 1 is 1.05 bits per heavy atom. The van der Waals surface area contributed by atoms with E-state index in [0.29, 0.717) is 10.7 Å². The molecular formula is C15H13BrN2OS. The fourth-order valence-corrected chi connectivity index (χ4v) is 2.25. The van der Waals surface area contributed by atoms with E-state index in [1.54, 1.807) is 19.1 Å². The molecule has 0 aliphatic heterocycles. The highest BCUT2D eigenvalue weighted by molar-refractivity contribution is 9.10. The van der Waals surface area contributed by atoms with Crippen molar-refractivity contribution in [1.82, 2.24) is 0 Å². The van der Waals surface area contributed by atoms with Gasteiger partial charge in [-0.1, -0.05) is 12.1 Å². The van der Waals surface area contributed by atoms with Crippen LogP contribution in [-0.2, 0) is 0 Å². The minimum Gasteiger partial charge on any atom is -0.332 e. The number of hydrogen-bond acceptors (Lipinski definition) is 2. The number of ketones is 1. The molecule has 0 aromatic heterocycles. The minimum absolute atomic E-state index is 0.0467. The van der Waals surface area contributed by atoms with Crippen molar-refractivity contribution in [3.63, 3.8) is 0 Å². The van der Waals surface area contributed by atoms with Crippen LogP contribution >= 0.6 is 28.1 Å². The van der Waals surface area contributed by atoms with Crippen LogP contribution in [0.5, 0.6) is 0 Å². The first-order valence-electron chi connectivity index (χ1n) is 6.00. The van der Waals surface area contributed by atoms with Gasteiger partial charge in [0.15, 0.2) is 10.9 Å². The highest BCUT2D eigenvalue weighted by Gasteiger charge is 2.03. The summed E-state index contributed by atoms with van der Waals surface area (Å²) in [6.07, 6.45) is 0. The zero-order chi connectivity index (χ0) is 14.5. The molecule has 0 unspecified atom stereocenters. The van der Waals surface area contributed by atoms with Crippen LogP contribution in [0.1, 0.15) is 17.3 Å². The molecule has 0 aliphatic rings. The molecule has 0 fully saturated rings. The van der Waals surface area contributed by atoms with Crippen molar-refractivity contribution in [2.24, 2.45) is 0 Å². The summed E-state index contributed by atoms with van der Waals surface area (Å²) in [5, 5.41) is 6.67. The fourth-order valence-electron chi connectivity index (χ4n) is 1.64. The standard InChI is InChI=1S/C15H13BrN2OS/c1-10(19)11-6-8-12(9-7-11)17-15(20)18-14-5-3-2-4-13(14)16/h2-9H,1H3,(H2,17,18,20). The first kappa shape index (κ1) is 14.7. The van der Waals surface area contributed by atoms with Crippen molar-refractivity contribution in [2.75, 3.05) is 10.6 Å². The average Bonchev–Trinajstić information content (AvgIpc) is 2.42. The first-order chi connectivity index (χ1) is 9.56. The van der Waals surface area contributed by atoms with Crippen molar-refractivity contribution in [3.05, 3.63) is 58.6 Å². The molecule has 102 valence electrons. The normalized spacial score (nSPS) is 9.90. The van der Waals surface area contributed by atoms with Gasteiger partial charge in [-0.2, -0.15) is 0 Å². The predicted molar refractivity (Wildman–Crippen MR) is 90.4 cm³/mol. The van der Waals surface area contributed by atoms with E-state index in [1.807, 2.05) is 36.4 Å². The minimum atomic E-state index is 0.0467. The molecule has 2 aromatic rings. The number of benzene rings is 2. The Labute approximate surface area is 131 Å². The predicted octanol–water partition coefficient (Wildman–Crippen LogP) is 4.46. The van der Waals surface area contributed by atoms with Crippen molar-refractivity contribution in [2.45, 2.75) is 6.92 Å². The number of nitrogens with one attached hydrogen (secondary N) is 2. The molecule has 0 saturated carbocycles. The van der Waals surface area contributed by atoms with Crippen LogP contribution in [0.15, 0.2) is 53.0 Å². The van der Waals surface area contributed by atoms with Crippen molar-refractivity contribution in [1.29, 1.82) is 0 Å². The zero-order valence-electron chi connectivity index (χ0n) is 10.8. The maximum absolute atomic E-state index is 11.2. The Kier molecular flexibility index (Phi) is 4.87. The second-order valence-electron chi connectivity index (χ2n) is 4.19. The first-order valence-corrected chi connectivity index (χ1v) is 7.20. The molecule has 0 bridgehead atoms. The molecule has 0 atom stereocenters. The number of carbonyl (C=O) groups excluding carboxylic acids is 1. The van der Waals surface area contributed by atoms with E-state index >= 15 is 0 Å². The third kappa shape index (κ3) is 3.88. The van der Waals surface area contributed by atoms with E-state index in [0.717, 1.165) is 15.8 Å². The molecule has 0 aliphatic carbocycles. The van der Waals surface area contributed by atoms with Crippen molar-refractivity contribution < 1.29 is 4.79 Å². The van der Waals surface area contributed by atoms with E-state index in [9.17, 15) is 4.79 Å². The number of halogens is 1. The van der Waals surface area contributed by atoms with E-state index in [2.05, 4.69) is 26.6 Å². The third-order valence-corrected chi connectivity index (χ3v) is 3.57. The van der Waals surface area contributed by atoms with Crippen LogP contribution < -0.4 is 10.6 Å². The van der Waals surface area contributed by atoms with E-state index < -0.39 is 0 Å². The summed E-state index contributed by atoms with van der Waals surface area (Å²) < 4.78 is 0.941. The molecule has 2 N–H and O–H groups in total. The van der Waals surface area contributed by atoms with Gasteiger partial charge in [0.25, 0.3) is 0 Å². The average molecular weight is 349 g/mol. The molecule has 0 saturated heterocycles. The largest absolute Gasteiger partial charge is 0.332 e. The lowest BCUT2D eigenvalue weighted by atomic mass is 10.1. The van der Waals surface area contributed by atoms with Gasteiger partial charge in [0.1, 0.15) is 0 Å². The Morgan fingerprint density at radius 3 is 2.30 bits per heavy atom. The van der Waals surface area contributed by atoms with Gasteiger partial charge in [-0.25, -0.2) is 0 Å². The maximum atomic E-state index is 11.2. The molecule has 3 nitrogen and oxygen atoms in total. The van der Waals surface area contributed by atoms with Gasteiger partial charge in [0.05, 0.1) is 5.69 Å². The summed E-state index contributed by atoms with van der Waals surface area (Å²) in [5.41, 5.74) is 2.41. The van der Waals surface area contributed by atoms with Crippen LogP contribution in [0, 0.1) is 0 Å². The smallest absolute Gasteiger partial charge is 0.175 e. The number of carbonyl (C=O) groups is 1. The number of rotatable bonds is 3. The van der Waals surface area contributed by atoms with E-state index in [4.69, 9.17) is 12.2 Å². The number of Topliss-reactive ketones (excluding diaryl/α,β-unsaturated/α-hetero) is 1. The second kappa shape index (κ2) is 6.63. The molecule has 2 rings (SSSR count). The summed E-state index contributed by atoms with van der Waals surface area (Å²) >= 11 is 8.70. The summed E-state index contributed by atoms with van der Waals surface area (Å²) in [4.78, 5) is 11.2. The Balaban J connectivity index is 2.01. The van der Waals surface area contributed by atoms with Crippen LogP contribution in [0.2, 0.25) is 0 Å². The fraction of sp³-hybridized carbons (Fsp3) is 0.0667. The lowest BCUT2D eigenvalue weighted by molar-refractivity contribution is 0.101. The van der Waals surface area contributed by atoms with E-state index in [1.165, 1.54) is 0 Å². The SMILES string of the molecule is CC(=O)c1ccc(NC(=S)Nc2ccccc2Br)cc1. The Bertz CT molecular complexity index is 641. The van der Waals surface area contributed by atoms with Crippen molar-refractivity contribution >= 4 is 50.4 Å². The van der Waals surface area contributed by atoms with Gasteiger partial charge < -0.3 is 10.6 Å². The maximum Gasteiger partial charge on any atom is 0.175 e. The molecule has 5 heteroatoms. The lowest BCUT2D eigenvalue weighted by Crippen LogP contribution is -2.19.